The Morgan fingerprint density at radius 1 is 0.952 bits per heavy atom. The van der Waals surface area contributed by atoms with Crippen molar-refractivity contribution >= 4 is 40.2 Å². The van der Waals surface area contributed by atoms with Crippen molar-refractivity contribution in [2.24, 2.45) is 8.94 Å². The zero-order valence-corrected chi connectivity index (χ0v) is 14.5. The van der Waals surface area contributed by atoms with Gasteiger partial charge in [-0.3, -0.25) is 4.90 Å². The summed E-state index contributed by atoms with van der Waals surface area (Å²) in [6.07, 6.45) is 1.91. The van der Waals surface area contributed by atoms with E-state index in [-0.39, 0.29) is 0 Å². The highest BCUT2D eigenvalue weighted by molar-refractivity contribution is 14.1. The Hall–Kier alpha value is -1.56. The maximum absolute atomic E-state index is 6.20. The van der Waals surface area contributed by atoms with Gasteiger partial charge in [-0.25, -0.2) is 0 Å². The molecule has 0 saturated heterocycles. The summed E-state index contributed by atoms with van der Waals surface area (Å²) in [5.74, 6) is 0.498. The Kier molecular flexibility index (Phi) is 5.61. The van der Waals surface area contributed by atoms with E-state index in [1.807, 2.05) is 39.9 Å². The lowest BCUT2D eigenvalue weighted by molar-refractivity contribution is 1.09. The van der Waals surface area contributed by atoms with E-state index < -0.39 is 0 Å². The number of aryl methyl sites for hydroxylation is 2. The van der Waals surface area contributed by atoms with Crippen LogP contribution in [0.5, 0.6) is 0 Å². The highest BCUT2D eigenvalue weighted by Gasteiger charge is 2.18. The van der Waals surface area contributed by atoms with E-state index in [9.17, 15) is 0 Å². The van der Waals surface area contributed by atoms with E-state index >= 15 is 0 Å². The van der Waals surface area contributed by atoms with Crippen LogP contribution in [0.25, 0.3) is 0 Å². The van der Waals surface area contributed by atoms with E-state index in [1.54, 1.807) is 0 Å². The number of benzene rings is 2. The fourth-order valence-electron chi connectivity index (χ4n) is 2.47. The van der Waals surface area contributed by atoms with Crippen LogP contribution in [0.4, 0.5) is 11.4 Å². The van der Waals surface area contributed by atoms with Crippen LogP contribution in [0.2, 0.25) is 0 Å². The van der Waals surface area contributed by atoms with Crippen molar-refractivity contribution in [3.05, 3.63) is 59.7 Å². The molecule has 110 valence electrons. The van der Waals surface area contributed by atoms with E-state index in [2.05, 4.69) is 53.5 Å². The summed E-state index contributed by atoms with van der Waals surface area (Å²) in [5, 5.41) is 0. The van der Waals surface area contributed by atoms with Crippen LogP contribution >= 0.6 is 22.9 Å². The summed E-state index contributed by atoms with van der Waals surface area (Å²) in [7, 11) is 0. The third-order valence-electron chi connectivity index (χ3n) is 3.54. The quantitative estimate of drug-likeness (QED) is 0.468. The molecule has 0 saturated carbocycles. The summed E-state index contributed by atoms with van der Waals surface area (Å²) in [6.45, 7) is 4.31. The molecule has 2 rings (SSSR count). The summed E-state index contributed by atoms with van der Waals surface area (Å²) < 4.78 is 4.18. The molecule has 0 aliphatic heterocycles. The van der Waals surface area contributed by atoms with Crippen LogP contribution in [0, 0.1) is 0 Å². The van der Waals surface area contributed by atoms with Crippen molar-refractivity contribution in [2.75, 3.05) is 4.90 Å². The number of guanidine groups is 1. The van der Waals surface area contributed by atoms with Gasteiger partial charge in [-0.1, -0.05) is 50.2 Å². The Morgan fingerprint density at radius 2 is 1.38 bits per heavy atom. The van der Waals surface area contributed by atoms with E-state index in [0.717, 1.165) is 24.2 Å². The third kappa shape index (κ3) is 3.37. The second kappa shape index (κ2) is 7.45. The van der Waals surface area contributed by atoms with E-state index in [1.165, 1.54) is 11.1 Å². The normalized spacial score (nSPS) is 11.5. The van der Waals surface area contributed by atoms with Gasteiger partial charge >= 0.3 is 0 Å². The number of rotatable bonds is 4. The first kappa shape index (κ1) is 15.8. The minimum absolute atomic E-state index is 0.498. The molecule has 0 atom stereocenters. The van der Waals surface area contributed by atoms with Gasteiger partial charge in [0.1, 0.15) is 0 Å². The molecule has 0 unspecified atom stereocenters. The Balaban J connectivity index is 2.64. The second-order valence-electron chi connectivity index (χ2n) is 4.74. The standard InChI is InChI=1S/C17H20IN3/c1-3-13-9-5-7-11-15(13)21(17(19)20-18)16-12-8-6-10-14(16)4-2/h5-12H,3-4H2,1-2H3,(H2,19,20). The summed E-state index contributed by atoms with van der Waals surface area (Å²) in [6, 6.07) is 16.7. The van der Waals surface area contributed by atoms with Crippen LogP contribution in [-0.2, 0) is 12.8 Å². The first-order chi connectivity index (χ1) is 10.2. The predicted octanol–water partition coefficient (Wildman–Crippen LogP) is 4.61. The smallest absolute Gasteiger partial charge is 0.210 e. The molecule has 0 aromatic heterocycles. The average Bonchev–Trinajstić information content (AvgIpc) is 2.55. The van der Waals surface area contributed by atoms with Crippen molar-refractivity contribution in [2.45, 2.75) is 26.7 Å². The molecule has 21 heavy (non-hydrogen) atoms. The summed E-state index contributed by atoms with van der Waals surface area (Å²) in [4.78, 5) is 2.05. The molecule has 0 fully saturated rings. The van der Waals surface area contributed by atoms with Crippen molar-refractivity contribution in [3.63, 3.8) is 0 Å². The number of nitrogens with two attached hydrogens (primary N) is 1. The molecule has 0 radical (unpaired) electrons. The Bertz CT molecular complexity index is 590. The van der Waals surface area contributed by atoms with Gasteiger partial charge in [-0.05, 0) is 36.1 Å². The van der Waals surface area contributed by atoms with Crippen molar-refractivity contribution in [1.82, 2.24) is 0 Å². The average molecular weight is 393 g/mol. The molecule has 0 aliphatic rings. The fourth-order valence-corrected chi connectivity index (χ4v) is 2.69. The lowest BCUT2D eigenvalue weighted by Gasteiger charge is -2.27. The maximum atomic E-state index is 6.20. The minimum Gasteiger partial charge on any atom is -0.369 e. The molecule has 2 aromatic carbocycles. The molecule has 0 amide bonds. The predicted molar refractivity (Wildman–Crippen MR) is 99.4 cm³/mol. The molecule has 0 heterocycles. The van der Waals surface area contributed by atoms with Crippen molar-refractivity contribution in [1.29, 1.82) is 0 Å². The van der Waals surface area contributed by atoms with Gasteiger partial charge in [0, 0.05) is 0 Å². The van der Waals surface area contributed by atoms with E-state index in [4.69, 9.17) is 5.73 Å². The molecule has 0 spiro atoms. The topological polar surface area (TPSA) is 41.6 Å². The summed E-state index contributed by atoms with van der Waals surface area (Å²) >= 11 is 1.95. The first-order valence-corrected chi connectivity index (χ1v) is 8.09. The Labute approximate surface area is 140 Å². The van der Waals surface area contributed by atoms with Crippen LogP contribution < -0.4 is 10.6 Å². The monoisotopic (exact) mass is 393 g/mol. The maximum Gasteiger partial charge on any atom is 0.210 e. The van der Waals surface area contributed by atoms with Gasteiger partial charge in [-0.2, -0.15) is 3.21 Å². The van der Waals surface area contributed by atoms with Gasteiger partial charge in [0.25, 0.3) is 0 Å². The molecule has 2 N–H and O–H groups in total. The zero-order valence-electron chi connectivity index (χ0n) is 12.4. The van der Waals surface area contributed by atoms with Gasteiger partial charge in [-0.15, -0.1) is 0 Å². The molecule has 4 heteroatoms. The molecular formula is C17H20IN3. The lowest BCUT2D eigenvalue weighted by atomic mass is 10.1. The Morgan fingerprint density at radius 3 is 1.76 bits per heavy atom. The highest BCUT2D eigenvalue weighted by atomic mass is 127. The highest BCUT2D eigenvalue weighted by Crippen LogP contribution is 2.31. The second-order valence-corrected chi connectivity index (χ2v) is 5.23. The molecule has 0 bridgehead atoms. The van der Waals surface area contributed by atoms with Gasteiger partial charge in [0.2, 0.25) is 5.96 Å². The number of anilines is 2. The van der Waals surface area contributed by atoms with Crippen LogP contribution in [0.15, 0.2) is 51.7 Å². The largest absolute Gasteiger partial charge is 0.369 e. The SMILES string of the molecule is CCc1ccccc1N(C(N)=NI)c1ccccc1CC. The van der Waals surface area contributed by atoms with E-state index in [0.29, 0.717) is 5.96 Å². The van der Waals surface area contributed by atoms with Crippen LogP contribution in [0.3, 0.4) is 0 Å². The van der Waals surface area contributed by atoms with Crippen LogP contribution in [-0.4, -0.2) is 5.96 Å². The van der Waals surface area contributed by atoms with Crippen molar-refractivity contribution < 1.29 is 0 Å². The number of nitrogens with zero attached hydrogens (tertiary/aromatic N) is 2. The van der Waals surface area contributed by atoms with Gasteiger partial charge in [0.15, 0.2) is 0 Å². The molecular weight excluding hydrogens is 373 g/mol. The first-order valence-electron chi connectivity index (χ1n) is 7.13. The number of halogens is 1. The molecule has 3 nitrogen and oxygen atoms in total. The molecule has 0 aliphatic carbocycles. The number of hydrogen-bond donors (Lipinski definition) is 1. The molecule has 2 aromatic rings. The van der Waals surface area contributed by atoms with Gasteiger partial charge in [0.05, 0.1) is 34.2 Å². The number of para-hydroxylation sites is 2. The van der Waals surface area contributed by atoms with Gasteiger partial charge < -0.3 is 5.73 Å². The fraction of sp³-hybridized carbons (Fsp3) is 0.235. The van der Waals surface area contributed by atoms with Crippen LogP contribution in [0.1, 0.15) is 25.0 Å². The number of hydrogen-bond acceptors (Lipinski definition) is 1. The zero-order chi connectivity index (χ0) is 15.2. The third-order valence-corrected chi connectivity index (χ3v) is 4.04. The summed E-state index contributed by atoms with van der Waals surface area (Å²) in [5.41, 5.74) is 10.9. The van der Waals surface area contributed by atoms with Crippen molar-refractivity contribution in [3.8, 4) is 0 Å². The minimum atomic E-state index is 0.498. The lowest BCUT2D eigenvalue weighted by Crippen LogP contribution is -2.34.